The molecule has 27 heavy (non-hydrogen) atoms. The van der Waals surface area contributed by atoms with Crippen molar-refractivity contribution in [3.8, 4) is 0 Å². The molecular weight excluding hydrogens is 330 g/mol. The Morgan fingerprint density at radius 3 is 1.56 bits per heavy atom. The summed E-state index contributed by atoms with van der Waals surface area (Å²) in [6.45, 7) is 4.11. The average Bonchev–Trinajstić information content (AvgIpc) is 3.55. The van der Waals surface area contributed by atoms with Gasteiger partial charge in [0.05, 0.1) is 5.60 Å². The number of benzene rings is 2. The van der Waals surface area contributed by atoms with Gasteiger partial charge in [-0.15, -0.1) is 0 Å². The van der Waals surface area contributed by atoms with Gasteiger partial charge < -0.3 is 5.11 Å². The number of aliphatic hydroxyl groups is 1. The monoisotopic (exact) mass is 363 g/mol. The molecule has 0 saturated heterocycles. The third kappa shape index (κ3) is 4.62. The van der Waals surface area contributed by atoms with Crippen LogP contribution in [0.5, 0.6) is 0 Å². The van der Waals surface area contributed by atoms with Crippen LogP contribution in [-0.2, 0) is 13.1 Å². The largest absolute Gasteiger partial charge is 0.390 e. The van der Waals surface area contributed by atoms with E-state index in [2.05, 4.69) is 72.5 Å². The van der Waals surface area contributed by atoms with E-state index in [1.54, 1.807) is 0 Å². The summed E-state index contributed by atoms with van der Waals surface area (Å²) in [5, 5.41) is 11.0. The van der Waals surface area contributed by atoms with E-state index in [1.807, 2.05) is 0 Å². The molecule has 2 aliphatic rings. The highest BCUT2D eigenvalue weighted by Crippen LogP contribution is 2.48. The minimum absolute atomic E-state index is 0.436. The van der Waals surface area contributed by atoms with Gasteiger partial charge >= 0.3 is 0 Å². The second kappa shape index (κ2) is 8.16. The lowest BCUT2D eigenvalue weighted by Gasteiger charge is -2.42. The van der Waals surface area contributed by atoms with Crippen LogP contribution >= 0.6 is 0 Å². The maximum atomic E-state index is 11.0. The van der Waals surface area contributed by atoms with Gasteiger partial charge in [-0.1, -0.05) is 60.7 Å². The molecule has 1 N–H and O–H groups in total. The minimum Gasteiger partial charge on any atom is -0.390 e. The molecule has 0 amide bonds. The van der Waals surface area contributed by atoms with Crippen LogP contribution in [0.2, 0.25) is 0 Å². The zero-order valence-electron chi connectivity index (χ0n) is 16.6. The average molecular weight is 364 g/mol. The second-order valence-electron chi connectivity index (χ2n) is 8.88. The van der Waals surface area contributed by atoms with Crippen molar-refractivity contribution in [1.29, 1.82) is 0 Å². The molecule has 0 aliphatic heterocycles. The number of nitrogens with zero attached hydrogens (tertiary/aromatic N) is 1. The molecule has 2 aliphatic carbocycles. The molecule has 1 atom stereocenters. The molecule has 2 aromatic carbocycles. The Morgan fingerprint density at radius 2 is 1.15 bits per heavy atom. The Labute approximate surface area is 164 Å². The first-order chi connectivity index (χ1) is 13.1. The van der Waals surface area contributed by atoms with Gasteiger partial charge in [-0.25, -0.2) is 0 Å². The van der Waals surface area contributed by atoms with Gasteiger partial charge in [-0.05, 0) is 68.4 Å². The molecule has 144 valence electrons. The fraction of sp³-hybridized carbons (Fsp3) is 0.520. The summed E-state index contributed by atoms with van der Waals surface area (Å²) in [4.78, 5) is 2.66. The van der Waals surface area contributed by atoms with Crippen molar-refractivity contribution in [2.24, 2.45) is 11.8 Å². The smallest absolute Gasteiger partial charge is 0.0675 e. The summed E-state index contributed by atoms with van der Waals surface area (Å²) in [5.74, 6) is 1.04. The molecule has 4 rings (SSSR count). The molecule has 2 aromatic rings. The first kappa shape index (κ1) is 18.7. The molecule has 0 spiro atoms. The van der Waals surface area contributed by atoms with Crippen LogP contribution in [-0.4, -0.2) is 21.6 Å². The Morgan fingerprint density at radius 1 is 0.741 bits per heavy atom. The van der Waals surface area contributed by atoms with E-state index in [-0.39, 0.29) is 0 Å². The molecule has 0 aromatic heterocycles. The van der Waals surface area contributed by atoms with Crippen LogP contribution in [0.4, 0.5) is 0 Å². The number of rotatable bonds is 7. The Kier molecular flexibility index (Phi) is 5.66. The van der Waals surface area contributed by atoms with E-state index in [0.717, 1.165) is 25.9 Å². The van der Waals surface area contributed by atoms with Crippen LogP contribution in [0.3, 0.4) is 0 Å². The van der Waals surface area contributed by atoms with Crippen molar-refractivity contribution in [1.82, 2.24) is 4.90 Å². The Hall–Kier alpha value is -1.64. The molecule has 2 fully saturated rings. The molecule has 0 radical (unpaired) electrons. The molecule has 0 bridgehead atoms. The number of hydrogen-bond acceptors (Lipinski definition) is 2. The van der Waals surface area contributed by atoms with E-state index >= 15 is 0 Å². The minimum atomic E-state index is -0.436. The van der Waals surface area contributed by atoms with Gasteiger partial charge in [-0.3, -0.25) is 4.90 Å². The topological polar surface area (TPSA) is 23.5 Å². The van der Waals surface area contributed by atoms with Gasteiger partial charge in [0.25, 0.3) is 0 Å². The van der Waals surface area contributed by atoms with Crippen molar-refractivity contribution in [2.75, 3.05) is 0 Å². The first-order valence-corrected chi connectivity index (χ1v) is 10.7. The van der Waals surface area contributed by atoms with Crippen molar-refractivity contribution in [3.05, 3.63) is 71.8 Å². The maximum Gasteiger partial charge on any atom is 0.0675 e. The predicted octanol–water partition coefficient (Wildman–Crippen LogP) is 5.41. The van der Waals surface area contributed by atoms with Gasteiger partial charge in [-0.2, -0.15) is 0 Å². The normalized spacial score (nSPS) is 25.3. The quantitative estimate of drug-likeness (QED) is 0.711. The van der Waals surface area contributed by atoms with Gasteiger partial charge in [0.15, 0.2) is 0 Å². The molecule has 0 heterocycles. The highest BCUT2D eigenvalue weighted by molar-refractivity contribution is 5.17. The summed E-state index contributed by atoms with van der Waals surface area (Å²) in [7, 11) is 0. The predicted molar refractivity (Wildman–Crippen MR) is 111 cm³/mol. The van der Waals surface area contributed by atoms with Crippen molar-refractivity contribution in [3.63, 3.8) is 0 Å². The summed E-state index contributed by atoms with van der Waals surface area (Å²) in [6, 6.07) is 22.3. The van der Waals surface area contributed by atoms with Crippen LogP contribution in [0.15, 0.2) is 60.7 Å². The van der Waals surface area contributed by atoms with Crippen molar-refractivity contribution < 1.29 is 5.11 Å². The third-order valence-electron chi connectivity index (χ3n) is 6.90. The number of hydrogen-bond donors (Lipinski definition) is 1. The van der Waals surface area contributed by atoms with Gasteiger partial charge in [0.2, 0.25) is 0 Å². The van der Waals surface area contributed by atoms with Crippen molar-refractivity contribution in [2.45, 2.75) is 70.2 Å². The molecule has 1 unspecified atom stereocenters. The first-order valence-electron chi connectivity index (χ1n) is 10.7. The van der Waals surface area contributed by atoms with E-state index in [1.165, 1.54) is 36.8 Å². The molecule has 2 nitrogen and oxygen atoms in total. The van der Waals surface area contributed by atoms with Crippen LogP contribution in [0, 0.1) is 11.8 Å². The third-order valence-corrected chi connectivity index (χ3v) is 6.90. The van der Waals surface area contributed by atoms with E-state index < -0.39 is 5.60 Å². The maximum absolute atomic E-state index is 11.0. The standard InChI is InChI=1S/C25H33NO/c1-25(27,22-12-13-22)23-14-16-24(17-15-23)26(18-20-8-4-2-5-9-20)19-21-10-6-3-7-11-21/h2-11,22-24,27H,12-19H2,1H3. The van der Waals surface area contributed by atoms with Gasteiger partial charge in [0.1, 0.15) is 0 Å². The zero-order chi connectivity index (χ0) is 18.7. The van der Waals surface area contributed by atoms with Crippen LogP contribution < -0.4 is 0 Å². The van der Waals surface area contributed by atoms with E-state index in [9.17, 15) is 5.11 Å². The summed E-state index contributed by atoms with van der Waals surface area (Å²) in [6.07, 6.45) is 7.17. The molecule has 2 heteroatoms. The van der Waals surface area contributed by atoms with E-state index in [4.69, 9.17) is 0 Å². The van der Waals surface area contributed by atoms with Crippen LogP contribution in [0.1, 0.15) is 56.6 Å². The molecule has 2 saturated carbocycles. The molecular formula is C25H33NO. The van der Waals surface area contributed by atoms with Crippen molar-refractivity contribution >= 4 is 0 Å². The summed E-state index contributed by atoms with van der Waals surface area (Å²) < 4.78 is 0. The highest BCUT2D eigenvalue weighted by Gasteiger charge is 2.46. The lowest BCUT2D eigenvalue weighted by molar-refractivity contribution is -0.0460. The fourth-order valence-corrected chi connectivity index (χ4v) is 4.98. The fourth-order valence-electron chi connectivity index (χ4n) is 4.98. The second-order valence-corrected chi connectivity index (χ2v) is 8.88. The SMILES string of the molecule is CC(O)(C1CCC(N(Cc2ccccc2)Cc2ccccc2)CC1)C1CC1. The lowest BCUT2D eigenvalue weighted by atomic mass is 9.73. The highest BCUT2D eigenvalue weighted by atomic mass is 16.3. The van der Waals surface area contributed by atoms with E-state index in [0.29, 0.717) is 17.9 Å². The van der Waals surface area contributed by atoms with Crippen LogP contribution in [0.25, 0.3) is 0 Å². The lowest BCUT2D eigenvalue weighted by Crippen LogP contribution is -2.43. The van der Waals surface area contributed by atoms with Gasteiger partial charge in [0, 0.05) is 19.1 Å². The summed E-state index contributed by atoms with van der Waals surface area (Å²) >= 11 is 0. The summed E-state index contributed by atoms with van der Waals surface area (Å²) in [5.41, 5.74) is 2.34. The Bertz CT molecular complexity index is 658. The zero-order valence-corrected chi connectivity index (χ0v) is 16.6. The Balaban J connectivity index is 1.44.